The van der Waals surface area contributed by atoms with Crippen LogP contribution in [0.5, 0.6) is 0 Å². The van der Waals surface area contributed by atoms with Crippen LogP contribution >= 0.6 is 23.6 Å². The molecule has 1 heterocycles. The lowest BCUT2D eigenvalue weighted by molar-refractivity contribution is 1.29. The summed E-state index contributed by atoms with van der Waals surface area (Å²) in [6, 6.07) is 5.79. The number of thiophene rings is 1. The van der Waals surface area contributed by atoms with Crippen molar-refractivity contribution in [3.05, 3.63) is 33.7 Å². The van der Waals surface area contributed by atoms with Gasteiger partial charge in [0.05, 0.1) is 10.4 Å². The Bertz CT molecular complexity index is 378. The fourth-order valence-electron chi connectivity index (χ4n) is 0.849. The van der Waals surface area contributed by atoms with Gasteiger partial charge in [0, 0.05) is 10.6 Å². The van der Waals surface area contributed by atoms with Crippen LogP contribution in [0.4, 0.5) is 0 Å². The minimum atomic E-state index is 0.400. The highest BCUT2D eigenvalue weighted by Gasteiger charge is 2.09. The molecule has 0 spiro atoms. The fourth-order valence-corrected chi connectivity index (χ4v) is 1.94. The van der Waals surface area contributed by atoms with E-state index >= 15 is 0 Å². The predicted octanol–water partition coefficient (Wildman–Crippen LogP) is 2.22. The van der Waals surface area contributed by atoms with Gasteiger partial charge in [-0.15, -0.1) is 11.3 Å². The Hall–Kier alpha value is -1.18. The minimum absolute atomic E-state index is 0.400. The smallest absolute Gasteiger partial charge is 0.103 e. The van der Waals surface area contributed by atoms with Gasteiger partial charge in [0.2, 0.25) is 0 Å². The monoisotopic (exact) mass is 208 g/mol. The minimum Gasteiger partial charge on any atom is -0.401 e. The maximum absolute atomic E-state index is 8.79. The summed E-state index contributed by atoms with van der Waals surface area (Å²) in [4.78, 5) is 1.45. The van der Waals surface area contributed by atoms with Crippen molar-refractivity contribution in [2.45, 2.75) is 6.92 Å². The summed E-state index contributed by atoms with van der Waals surface area (Å²) in [5, 5.41) is 10.7. The van der Waals surface area contributed by atoms with Crippen molar-refractivity contribution in [2.24, 2.45) is 5.73 Å². The Balaban J connectivity index is 3.06. The van der Waals surface area contributed by atoms with E-state index in [1.807, 2.05) is 23.6 Å². The first-order valence-electron chi connectivity index (χ1n) is 3.61. The van der Waals surface area contributed by atoms with E-state index in [1.165, 1.54) is 11.3 Å². The number of rotatable bonds is 2. The summed E-state index contributed by atoms with van der Waals surface area (Å²) < 4.78 is 0. The molecule has 0 aliphatic rings. The molecular formula is C9H8N2S2. The van der Waals surface area contributed by atoms with Crippen LogP contribution in [0.2, 0.25) is 0 Å². The highest BCUT2D eigenvalue weighted by Crippen LogP contribution is 2.16. The largest absolute Gasteiger partial charge is 0.401 e. The molecule has 0 amide bonds. The lowest BCUT2D eigenvalue weighted by Gasteiger charge is -1.99. The van der Waals surface area contributed by atoms with E-state index in [0.29, 0.717) is 16.1 Å². The third-order valence-electron chi connectivity index (χ3n) is 1.48. The molecule has 4 heteroatoms. The van der Waals surface area contributed by atoms with E-state index in [9.17, 15) is 0 Å². The van der Waals surface area contributed by atoms with Crippen LogP contribution in [0.15, 0.2) is 28.8 Å². The molecule has 1 rings (SSSR count). The molecule has 1 aromatic rings. The standard InChI is InChI=1S/C9H8N2S2/c1-6(11)7(5-10)9(12)8-3-2-4-13-8/h2-4H,11H2,1H3/b7-6-. The lowest BCUT2D eigenvalue weighted by Crippen LogP contribution is -2.05. The molecule has 0 fully saturated rings. The average molecular weight is 208 g/mol. The van der Waals surface area contributed by atoms with E-state index in [-0.39, 0.29) is 0 Å². The van der Waals surface area contributed by atoms with Gasteiger partial charge in [0.15, 0.2) is 0 Å². The summed E-state index contributed by atoms with van der Waals surface area (Å²) in [6.45, 7) is 1.68. The molecule has 2 nitrogen and oxygen atoms in total. The first-order chi connectivity index (χ1) is 6.16. The van der Waals surface area contributed by atoms with Crippen LogP contribution in [0.3, 0.4) is 0 Å². The van der Waals surface area contributed by atoms with Gasteiger partial charge < -0.3 is 5.73 Å². The molecule has 0 saturated heterocycles. The SMILES string of the molecule is C/C(N)=C(\C#N)C(=S)c1cccs1. The fraction of sp³-hybridized carbons (Fsp3) is 0.111. The maximum atomic E-state index is 8.79. The molecule has 0 radical (unpaired) electrons. The van der Waals surface area contributed by atoms with Crippen LogP contribution < -0.4 is 5.73 Å². The Labute approximate surface area is 86.3 Å². The van der Waals surface area contributed by atoms with Gasteiger partial charge in [-0.25, -0.2) is 0 Å². The van der Waals surface area contributed by atoms with Gasteiger partial charge in [0.1, 0.15) is 6.07 Å². The molecule has 0 bridgehead atoms. The van der Waals surface area contributed by atoms with Crippen molar-refractivity contribution in [2.75, 3.05) is 0 Å². The van der Waals surface area contributed by atoms with Crippen LogP contribution in [0.1, 0.15) is 11.8 Å². The molecule has 13 heavy (non-hydrogen) atoms. The van der Waals surface area contributed by atoms with Crippen molar-refractivity contribution in [1.82, 2.24) is 0 Å². The molecule has 66 valence electrons. The van der Waals surface area contributed by atoms with Gasteiger partial charge >= 0.3 is 0 Å². The number of nitrogens with zero attached hydrogens (tertiary/aromatic N) is 1. The Morgan fingerprint density at radius 1 is 1.69 bits per heavy atom. The summed E-state index contributed by atoms with van der Waals surface area (Å²) >= 11 is 6.63. The van der Waals surface area contributed by atoms with Crippen molar-refractivity contribution < 1.29 is 0 Å². The van der Waals surface area contributed by atoms with Gasteiger partial charge in [0.25, 0.3) is 0 Å². The van der Waals surface area contributed by atoms with Crippen LogP contribution in [-0.4, -0.2) is 4.86 Å². The van der Waals surface area contributed by atoms with Crippen molar-refractivity contribution >= 4 is 28.4 Å². The summed E-state index contributed by atoms with van der Waals surface area (Å²) in [5.41, 5.74) is 6.40. The average Bonchev–Trinajstić information content (AvgIpc) is 2.56. The first kappa shape index (κ1) is 9.90. The van der Waals surface area contributed by atoms with Crippen molar-refractivity contribution in [3.8, 4) is 6.07 Å². The number of nitriles is 1. The zero-order valence-electron chi connectivity index (χ0n) is 7.07. The Morgan fingerprint density at radius 2 is 2.38 bits per heavy atom. The molecule has 2 N–H and O–H groups in total. The number of hydrogen-bond donors (Lipinski definition) is 1. The molecular weight excluding hydrogens is 200 g/mol. The highest BCUT2D eigenvalue weighted by atomic mass is 32.1. The molecule has 0 unspecified atom stereocenters. The van der Waals surface area contributed by atoms with E-state index < -0.39 is 0 Å². The summed E-state index contributed by atoms with van der Waals surface area (Å²) in [5.74, 6) is 0. The van der Waals surface area contributed by atoms with E-state index in [4.69, 9.17) is 23.2 Å². The second-order valence-corrected chi connectivity index (χ2v) is 3.83. The molecule has 0 atom stereocenters. The summed E-state index contributed by atoms with van der Waals surface area (Å²) in [7, 11) is 0. The maximum Gasteiger partial charge on any atom is 0.103 e. The normalized spacial score (nSPS) is 11.7. The van der Waals surface area contributed by atoms with Gasteiger partial charge in [-0.05, 0) is 18.4 Å². The van der Waals surface area contributed by atoms with E-state index in [1.54, 1.807) is 6.92 Å². The van der Waals surface area contributed by atoms with Gasteiger partial charge in [-0.2, -0.15) is 5.26 Å². The number of hydrogen-bond acceptors (Lipinski definition) is 4. The predicted molar refractivity (Wildman–Crippen MR) is 58.5 cm³/mol. The van der Waals surface area contributed by atoms with Gasteiger partial charge in [-0.3, -0.25) is 0 Å². The second kappa shape index (κ2) is 4.17. The van der Waals surface area contributed by atoms with Crippen LogP contribution in [0.25, 0.3) is 0 Å². The number of allylic oxidation sites excluding steroid dienone is 2. The highest BCUT2D eigenvalue weighted by molar-refractivity contribution is 7.81. The van der Waals surface area contributed by atoms with Crippen LogP contribution in [-0.2, 0) is 0 Å². The van der Waals surface area contributed by atoms with Gasteiger partial charge in [-0.1, -0.05) is 18.3 Å². The number of nitrogens with two attached hydrogens (primary N) is 1. The zero-order chi connectivity index (χ0) is 9.84. The quantitative estimate of drug-likeness (QED) is 0.351. The van der Waals surface area contributed by atoms with Crippen LogP contribution in [0, 0.1) is 11.3 Å². The van der Waals surface area contributed by atoms with E-state index in [0.717, 1.165) is 4.88 Å². The van der Waals surface area contributed by atoms with E-state index in [2.05, 4.69) is 0 Å². The third kappa shape index (κ3) is 2.14. The Morgan fingerprint density at radius 3 is 2.77 bits per heavy atom. The topological polar surface area (TPSA) is 49.8 Å². The molecule has 0 aliphatic heterocycles. The molecule has 0 aromatic carbocycles. The number of thiocarbonyl (C=S) groups is 1. The molecule has 0 saturated carbocycles. The Kier molecular flexibility index (Phi) is 3.18. The van der Waals surface area contributed by atoms with Crippen molar-refractivity contribution in [1.29, 1.82) is 5.26 Å². The summed E-state index contributed by atoms with van der Waals surface area (Å²) in [6.07, 6.45) is 0. The van der Waals surface area contributed by atoms with Crippen molar-refractivity contribution in [3.63, 3.8) is 0 Å². The second-order valence-electron chi connectivity index (χ2n) is 2.48. The zero-order valence-corrected chi connectivity index (χ0v) is 8.71. The molecule has 1 aromatic heterocycles. The lowest BCUT2D eigenvalue weighted by atomic mass is 10.1. The molecule has 0 aliphatic carbocycles. The first-order valence-corrected chi connectivity index (χ1v) is 4.90. The third-order valence-corrected chi connectivity index (χ3v) is 2.92.